The summed E-state index contributed by atoms with van der Waals surface area (Å²) in [6.07, 6.45) is 0. The minimum Gasteiger partial charge on any atom is -0.497 e. The maximum atomic E-state index is 11.3. The zero-order valence-electron chi connectivity index (χ0n) is 9.02. The van der Waals surface area contributed by atoms with Gasteiger partial charge >= 0.3 is 5.97 Å². The van der Waals surface area contributed by atoms with Gasteiger partial charge in [-0.05, 0) is 25.1 Å². The lowest BCUT2D eigenvalue weighted by Crippen LogP contribution is -2.11. The van der Waals surface area contributed by atoms with Crippen molar-refractivity contribution in [2.45, 2.75) is 6.92 Å². The van der Waals surface area contributed by atoms with Gasteiger partial charge in [-0.1, -0.05) is 0 Å². The number of Topliss-reactive ketones (excluding diaryl/α,β-unsaturated/α-hetero) is 1. The Morgan fingerprint density at radius 1 is 1.38 bits per heavy atom. The smallest absolute Gasteiger partial charge is 0.341 e. The number of rotatable bonds is 5. The number of methoxy groups -OCH3 is 1. The van der Waals surface area contributed by atoms with Crippen LogP contribution in [0.3, 0.4) is 0 Å². The molecule has 0 spiro atoms. The Hall–Kier alpha value is -2.04. The van der Waals surface area contributed by atoms with E-state index in [-0.39, 0.29) is 11.5 Å². The van der Waals surface area contributed by atoms with Gasteiger partial charge in [-0.25, -0.2) is 4.79 Å². The van der Waals surface area contributed by atoms with Crippen LogP contribution < -0.4 is 9.47 Å². The molecule has 1 aromatic rings. The van der Waals surface area contributed by atoms with Crippen molar-refractivity contribution in [3.63, 3.8) is 0 Å². The number of ketones is 1. The Balaban J connectivity index is 2.98. The largest absolute Gasteiger partial charge is 0.497 e. The van der Waals surface area contributed by atoms with Crippen molar-refractivity contribution in [2.75, 3.05) is 13.7 Å². The molecule has 0 radical (unpaired) electrons. The molecular weight excluding hydrogens is 212 g/mol. The summed E-state index contributed by atoms with van der Waals surface area (Å²) in [7, 11) is 1.48. The third kappa shape index (κ3) is 2.98. The Bertz CT molecular complexity index is 411. The minimum atomic E-state index is -1.09. The van der Waals surface area contributed by atoms with Crippen LogP contribution in [0.4, 0.5) is 0 Å². The zero-order chi connectivity index (χ0) is 12.1. The highest BCUT2D eigenvalue weighted by Crippen LogP contribution is 2.24. The molecule has 0 aliphatic heterocycles. The van der Waals surface area contributed by atoms with Crippen molar-refractivity contribution in [3.05, 3.63) is 23.8 Å². The first-order valence-electron chi connectivity index (χ1n) is 4.58. The molecule has 0 saturated carbocycles. The van der Waals surface area contributed by atoms with Gasteiger partial charge in [0, 0.05) is 0 Å². The lowest BCUT2D eigenvalue weighted by molar-refractivity contribution is -0.139. The molecule has 86 valence electrons. The number of carbonyl (C=O) groups excluding carboxylic acids is 1. The normalized spacial score (nSPS) is 9.62. The van der Waals surface area contributed by atoms with Gasteiger partial charge in [-0.3, -0.25) is 4.79 Å². The van der Waals surface area contributed by atoms with E-state index >= 15 is 0 Å². The van der Waals surface area contributed by atoms with E-state index in [2.05, 4.69) is 0 Å². The summed E-state index contributed by atoms with van der Waals surface area (Å²) in [5.41, 5.74) is 0.306. The molecule has 0 bridgehead atoms. The number of benzene rings is 1. The third-order valence-corrected chi connectivity index (χ3v) is 1.92. The zero-order valence-corrected chi connectivity index (χ0v) is 9.02. The Kier molecular flexibility index (Phi) is 3.88. The molecule has 0 aromatic heterocycles. The summed E-state index contributed by atoms with van der Waals surface area (Å²) < 4.78 is 9.94. The molecule has 0 unspecified atom stereocenters. The van der Waals surface area contributed by atoms with Gasteiger partial charge in [0.15, 0.2) is 12.4 Å². The van der Waals surface area contributed by atoms with Crippen LogP contribution in [-0.4, -0.2) is 30.6 Å². The number of hydrogen-bond acceptors (Lipinski definition) is 4. The minimum absolute atomic E-state index is 0.209. The second kappa shape index (κ2) is 5.16. The van der Waals surface area contributed by atoms with Crippen LogP contribution in [0.1, 0.15) is 17.3 Å². The van der Waals surface area contributed by atoms with E-state index < -0.39 is 12.6 Å². The summed E-state index contributed by atoms with van der Waals surface area (Å²) >= 11 is 0. The first kappa shape index (κ1) is 12.0. The van der Waals surface area contributed by atoms with Crippen LogP contribution in [0.25, 0.3) is 0 Å². The predicted octanol–water partition coefficient (Wildman–Crippen LogP) is 1.36. The number of ether oxygens (including phenoxy) is 2. The highest BCUT2D eigenvalue weighted by molar-refractivity contribution is 5.97. The van der Waals surface area contributed by atoms with Crippen molar-refractivity contribution in [3.8, 4) is 11.5 Å². The highest BCUT2D eigenvalue weighted by atomic mass is 16.5. The molecule has 0 amide bonds. The quantitative estimate of drug-likeness (QED) is 0.764. The summed E-state index contributed by atoms with van der Waals surface area (Å²) in [6, 6.07) is 4.63. The number of hydrogen-bond donors (Lipinski definition) is 1. The number of aliphatic carboxylic acids is 1. The Morgan fingerprint density at radius 2 is 2.06 bits per heavy atom. The topological polar surface area (TPSA) is 72.8 Å². The van der Waals surface area contributed by atoms with Gasteiger partial charge in [0.25, 0.3) is 0 Å². The monoisotopic (exact) mass is 224 g/mol. The van der Waals surface area contributed by atoms with E-state index in [9.17, 15) is 9.59 Å². The van der Waals surface area contributed by atoms with Crippen molar-refractivity contribution in [1.82, 2.24) is 0 Å². The summed E-state index contributed by atoms with van der Waals surface area (Å²) in [5.74, 6) is -0.534. The van der Waals surface area contributed by atoms with Crippen LogP contribution in [0, 0.1) is 0 Å². The molecule has 16 heavy (non-hydrogen) atoms. The lowest BCUT2D eigenvalue weighted by atomic mass is 10.1. The Labute approximate surface area is 92.6 Å². The molecule has 0 aliphatic rings. The fourth-order valence-electron chi connectivity index (χ4n) is 1.18. The van der Waals surface area contributed by atoms with Crippen LogP contribution in [0.2, 0.25) is 0 Å². The highest BCUT2D eigenvalue weighted by Gasteiger charge is 2.11. The van der Waals surface area contributed by atoms with Crippen LogP contribution in [-0.2, 0) is 4.79 Å². The fraction of sp³-hybridized carbons (Fsp3) is 0.273. The molecule has 1 aromatic carbocycles. The van der Waals surface area contributed by atoms with E-state index in [1.165, 1.54) is 26.2 Å². The lowest BCUT2D eigenvalue weighted by Gasteiger charge is -2.09. The van der Waals surface area contributed by atoms with E-state index in [4.69, 9.17) is 14.6 Å². The van der Waals surface area contributed by atoms with Gasteiger partial charge < -0.3 is 14.6 Å². The molecule has 0 heterocycles. The van der Waals surface area contributed by atoms with Gasteiger partial charge in [0.1, 0.15) is 11.5 Å². The summed E-state index contributed by atoms with van der Waals surface area (Å²) in [6.45, 7) is 0.898. The van der Waals surface area contributed by atoms with Crippen molar-refractivity contribution in [2.24, 2.45) is 0 Å². The maximum Gasteiger partial charge on any atom is 0.341 e. The van der Waals surface area contributed by atoms with E-state index in [1.807, 2.05) is 0 Å². The predicted molar refractivity (Wildman–Crippen MR) is 56.1 cm³/mol. The third-order valence-electron chi connectivity index (χ3n) is 1.92. The molecule has 0 saturated heterocycles. The first-order valence-corrected chi connectivity index (χ1v) is 4.58. The van der Waals surface area contributed by atoms with Crippen LogP contribution >= 0.6 is 0 Å². The second-order valence-corrected chi connectivity index (χ2v) is 3.10. The fourth-order valence-corrected chi connectivity index (χ4v) is 1.18. The average molecular weight is 224 g/mol. The number of carboxylic acids is 1. The van der Waals surface area contributed by atoms with Crippen molar-refractivity contribution in [1.29, 1.82) is 0 Å². The van der Waals surface area contributed by atoms with Crippen LogP contribution in [0.15, 0.2) is 18.2 Å². The first-order chi connectivity index (χ1) is 7.54. The molecule has 0 aliphatic carbocycles. The Morgan fingerprint density at radius 3 is 2.56 bits per heavy atom. The van der Waals surface area contributed by atoms with E-state index in [1.54, 1.807) is 6.07 Å². The van der Waals surface area contributed by atoms with Gasteiger partial charge in [-0.15, -0.1) is 0 Å². The molecule has 5 nitrogen and oxygen atoms in total. The SMILES string of the molecule is COc1ccc(OCC(=O)O)c(C(C)=O)c1. The molecular formula is C11H12O5. The van der Waals surface area contributed by atoms with Gasteiger partial charge in [-0.2, -0.15) is 0 Å². The molecule has 1 rings (SSSR count). The summed E-state index contributed by atoms with van der Waals surface area (Å²) in [5, 5.41) is 8.47. The molecule has 5 heteroatoms. The van der Waals surface area contributed by atoms with Gasteiger partial charge in [0.05, 0.1) is 12.7 Å². The van der Waals surface area contributed by atoms with Gasteiger partial charge in [0.2, 0.25) is 0 Å². The number of carbonyl (C=O) groups is 2. The molecule has 1 N–H and O–H groups in total. The second-order valence-electron chi connectivity index (χ2n) is 3.10. The molecule has 0 atom stereocenters. The van der Waals surface area contributed by atoms with E-state index in [0.29, 0.717) is 11.3 Å². The van der Waals surface area contributed by atoms with Crippen molar-refractivity contribution < 1.29 is 24.2 Å². The van der Waals surface area contributed by atoms with Crippen LogP contribution in [0.5, 0.6) is 11.5 Å². The number of carboxylic acid groups (broad SMARTS) is 1. The summed E-state index contributed by atoms with van der Waals surface area (Å²) in [4.78, 5) is 21.6. The van der Waals surface area contributed by atoms with E-state index in [0.717, 1.165) is 0 Å². The van der Waals surface area contributed by atoms with Crippen molar-refractivity contribution >= 4 is 11.8 Å². The molecule has 0 fully saturated rings. The standard InChI is InChI=1S/C11H12O5/c1-7(12)9-5-8(15-2)3-4-10(9)16-6-11(13)14/h3-5H,6H2,1-2H3,(H,13,14). The maximum absolute atomic E-state index is 11.3. The average Bonchev–Trinajstić information content (AvgIpc) is 2.25.